The number of halogens is 2. The third-order valence-electron chi connectivity index (χ3n) is 4.30. The van der Waals surface area contributed by atoms with Crippen molar-refractivity contribution in [3.05, 3.63) is 59.2 Å². The molecule has 0 atom stereocenters. The van der Waals surface area contributed by atoms with Crippen molar-refractivity contribution in [2.45, 2.75) is 19.8 Å². The van der Waals surface area contributed by atoms with Crippen molar-refractivity contribution in [2.24, 2.45) is 0 Å². The van der Waals surface area contributed by atoms with Crippen LogP contribution in [0.25, 0.3) is 0 Å². The van der Waals surface area contributed by atoms with Crippen LogP contribution in [-0.2, 0) is 16.4 Å². The summed E-state index contributed by atoms with van der Waals surface area (Å²) in [5.41, 5.74) is 1.79. The Morgan fingerprint density at radius 3 is 2.62 bits per heavy atom. The molecule has 2 aromatic carbocycles. The zero-order chi connectivity index (χ0) is 18.9. The molecular formula is C18H18F2N2O3S. The van der Waals surface area contributed by atoms with Crippen molar-refractivity contribution < 1.29 is 22.0 Å². The lowest BCUT2D eigenvalue weighted by molar-refractivity contribution is 0.102. The molecule has 1 aliphatic rings. The summed E-state index contributed by atoms with van der Waals surface area (Å²) in [6, 6.07) is 7.91. The molecule has 1 heterocycles. The van der Waals surface area contributed by atoms with Crippen LogP contribution in [-0.4, -0.2) is 26.6 Å². The number of sulfonamides is 1. The van der Waals surface area contributed by atoms with Gasteiger partial charge < -0.3 is 5.32 Å². The van der Waals surface area contributed by atoms with Crippen molar-refractivity contribution >= 4 is 27.3 Å². The first-order valence-electron chi connectivity index (χ1n) is 8.21. The second-order valence-corrected chi connectivity index (χ2v) is 8.18. The molecule has 3 rings (SSSR count). The number of hydrogen-bond donors (Lipinski definition) is 1. The smallest absolute Gasteiger partial charge is 0.255 e. The Morgan fingerprint density at radius 2 is 1.92 bits per heavy atom. The van der Waals surface area contributed by atoms with Crippen LogP contribution in [0.2, 0.25) is 0 Å². The van der Waals surface area contributed by atoms with Gasteiger partial charge in [-0.05, 0) is 55.7 Å². The summed E-state index contributed by atoms with van der Waals surface area (Å²) < 4.78 is 52.3. The van der Waals surface area contributed by atoms with Gasteiger partial charge in [0.25, 0.3) is 5.91 Å². The maximum absolute atomic E-state index is 13.3. The standard InChI is InChI=1S/C18H18F2N2O3S/c1-2-26(24,25)22-9-3-4-12-5-7-14(11-17(12)22)21-18(23)13-6-8-15(19)16(20)10-13/h5-8,10-11H,2-4,9H2,1H3,(H,21,23). The molecule has 0 spiro atoms. The fraction of sp³-hybridized carbons (Fsp3) is 0.278. The van der Waals surface area contributed by atoms with E-state index in [0.717, 1.165) is 30.5 Å². The molecule has 1 aliphatic heterocycles. The molecule has 1 amide bonds. The first-order valence-corrected chi connectivity index (χ1v) is 9.82. The molecule has 26 heavy (non-hydrogen) atoms. The van der Waals surface area contributed by atoms with Crippen LogP contribution >= 0.6 is 0 Å². The van der Waals surface area contributed by atoms with E-state index in [-0.39, 0.29) is 11.3 Å². The van der Waals surface area contributed by atoms with Crippen LogP contribution in [0.5, 0.6) is 0 Å². The maximum atomic E-state index is 13.3. The number of nitrogens with one attached hydrogen (secondary N) is 1. The van der Waals surface area contributed by atoms with E-state index in [4.69, 9.17) is 0 Å². The molecule has 1 N–H and O–H groups in total. The summed E-state index contributed by atoms with van der Waals surface area (Å²) in [7, 11) is -3.41. The van der Waals surface area contributed by atoms with Gasteiger partial charge in [-0.1, -0.05) is 6.07 Å². The number of fused-ring (bicyclic) bond motifs is 1. The molecule has 138 valence electrons. The summed E-state index contributed by atoms with van der Waals surface area (Å²) in [6.45, 7) is 1.97. The Hall–Kier alpha value is -2.48. The minimum atomic E-state index is -3.41. The van der Waals surface area contributed by atoms with E-state index in [0.29, 0.717) is 17.9 Å². The maximum Gasteiger partial charge on any atom is 0.255 e. The summed E-state index contributed by atoms with van der Waals surface area (Å²) >= 11 is 0. The summed E-state index contributed by atoms with van der Waals surface area (Å²) in [5.74, 6) is -2.76. The number of carbonyl (C=O) groups excluding carboxylic acids is 1. The number of hydrogen-bond acceptors (Lipinski definition) is 3. The van der Waals surface area contributed by atoms with Crippen LogP contribution in [0.15, 0.2) is 36.4 Å². The molecule has 0 saturated heterocycles. The normalized spacial score (nSPS) is 14.0. The zero-order valence-electron chi connectivity index (χ0n) is 14.1. The van der Waals surface area contributed by atoms with Gasteiger partial charge in [0.1, 0.15) is 0 Å². The Kier molecular flexibility index (Phi) is 4.95. The number of benzene rings is 2. The number of nitrogens with zero attached hydrogens (tertiary/aromatic N) is 1. The average molecular weight is 380 g/mol. The molecule has 5 nitrogen and oxygen atoms in total. The number of anilines is 2. The Labute approximate surface area is 150 Å². The van der Waals surface area contributed by atoms with Crippen molar-refractivity contribution in [2.75, 3.05) is 21.9 Å². The lowest BCUT2D eigenvalue weighted by Gasteiger charge is -2.30. The summed E-state index contributed by atoms with van der Waals surface area (Å²) in [4.78, 5) is 12.2. The fourth-order valence-electron chi connectivity index (χ4n) is 2.90. The monoisotopic (exact) mass is 380 g/mol. The van der Waals surface area contributed by atoms with Gasteiger partial charge in [-0.25, -0.2) is 17.2 Å². The van der Waals surface area contributed by atoms with Crippen LogP contribution in [0, 0.1) is 11.6 Å². The van der Waals surface area contributed by atoms with Crippen LogP contribution < -0.4 is 9.62 Å². The molecule has 0 bridgehead atoms. The van der Waals surface area contributed by atoms with E-state index >= 15 is 0 Å². The third kappa shape index (κ3) is 3.55. The van der Waals surface area contributed by atoms with Gasteiger partial charge in [-0.3, -0.25) is 9.10 Å². The topological polar surface area (TPSA) is 66.5 Å². The highest BCUT2D eigenvalue weighted by Gasteiger charge is 2.26. The summed E-state index contributed by atoms with van der Waals surface area (Å²) in [5, 5.41) is 2.60. The number of amides is 1. The predicted molar refractivity (Wildman–Crippen MR) is 95.9 cm³/mol. The number of carbonyl (C=O) groups is 1. The largest absolute Gasteiger partial charge is 0.322 e. The van der Waals surface area contributed by atoms with Gasteiger partial charge in [0, 0.05) is 17.8 Å². The molecule has 0 saturated carbocycles. The molecule has 8 heteroatoms. The van der Waals surface area contributed by atoms with Crippen molar-refractivity contribution in [1.29, 1.82) is 0 Å². The minimum Gasteiger partial charge on any atom is -0.322 e. The second kappa shape index (κ2) is 7.03. The van der Waals surface area contributed by atoms with Crippen LogP contribution in [0.4, 0.5) is 20.2 Å². The summed E-state index contributed by atoms with van der Waals surface area (Å²) in [6.07, 6.45) is 1.48. The molecule has 0 unspecified atom stereocenters. The predicted octanol–water partition coefficient (Wildman–Crippen LogP) is 3.32. The Bertz CT molecular complexity index is 961. The quantitative estimate of drug-likeness (QED) is 0.885. The van der Waals surface area contributed by atoms with Gasteiger partial charge in [0.2, 0.25) is 10.0 Å². The van der Waals surface area contributed by atoms with Gasteiger partial charge in [-0.2, -0.15) is 0 Å². The van der Waals surface area contributed by atoms with E-state index in [1.807, 2.05) is 0 Å². The van der Waals surface area contributed by atoms with E-state index in [2.05, 4.69) is 5.32 Å². The average Bonchev–Trinajstić information content (AvgIpc) is 2.63. The Balaban J connectivity index is 1.89. The molecule has 0 aromatic heterocycles. The molecule has 0 aliphatic carbocycles. The first-order chi connectivity index (χ1) is 12.3. The van der Waals surface area contributed by atoms with Crippen molar-refractivity contribution in [1.82, 2.24) is 0 Å². The molecule has 0 fully saturated rings. The van der Waals surface area contributed by atoms with Crippen LogP contribution in [0.3, 0.4) is 0 Å². The molecule has 2 aromatic rings. The van der Waals surface area contributed by atoms with Crippen molar-refractivity contribution in [3.8, 4) is 0 Å². The van der Waals surface area contributed by atoms with Gasteiger partial charge >= 0.3 is 0 Å². The molecular weight excluding hydrogens is 362 g/mol. The second-order valence-electron chi connectivity index (χ2n) is 6.00. The van der Waals surface area contributed by atoms with Gasteiger partial charge in [0.15, 0.2) is 11.6 Å². The SMILES string of the molecule is CCS(=O)(=O)N1CCCc2ccc(NC(=O)c3ccc(F)c(F)c3)cc21. The molecule has 0 radical (unpaired) electrons. The highest BCUT2D eigenvalue weighted by atomic mass is 32.2. The van der Waals surface area contributed by atoms with Gasteiger partial charge in [0.05, 0.1) is 11.4 Å². The highest BCUT2D eigenvalue weighted by molar-refractivity contribution is 7.92. The van der Waals surface area contributed by atoms with E-state index in [9.17, 15) is 22.0 Å². The lowest BCUT2D eigenvalue weighted by atomic mass is 10.0. The number of aryl methyl sites for hydroxylation is 1. The lowest BCUT2D eigenvalue weighted by Crippen LogP contribution is -2.36. The number of rotatable bonds is 4. The van der Waals surface area contributed by atoms with E-state index in [1.54, 1.807) is 25.1 Å². The first kappa shape index (κ1) is 18.3. The zero-order valence-corrected chi connectivity index (χ0v) is 14.9. The van der Waals surface area contributed by atoms with E-state index in [1.165, 1.54) is 10.4 Å². The minimum absolute atomic E-state index is 0.0160. The van der Waals surface area contributed by atoms with Crippen molar-refractivity contribution in [3.63, 3.8) is 0 Å². The fourth-order valence-corrected chi connectivity index (χ4v) is 4.09. The highest BCUT2D eigenvalue weighted by Crippen LogP contribution is 2.32. The van der Waals surface area contributed by atoms with Crippen LogP contribution in [0.1, 0.15) is 29.3 Å². The third-order valence-corrected chi connectivity index (χ3v) is 6.08. The van der Waals surface area contributed by atoms with Gasteiger partial charge in [-0.15, -0.1) is 0 Å². The van der Waals surface area contributed by atoms with E-state index < -0.39 is 27.6 Å². The Morgan fingerprint density at radius 1 is 1.15 bits per heavy atom.